The number of hydrogen-bond acceptors (Lipinski definition) is 11. The molecule has 0 bridgehead atoms. The maximum atomic E-state index is 13.3. The number of carbonyl (C=O) groups excluding carboxylic acids is 4. The fourth-order valence-electron chi connectivity index (χ4n) is 7.78. The summed E-state index contributed by atoms with van der Waals surface area (Å²) in [5.74, 6) is -1.53. The Bertz CT molecular complexity index is 1780. The van der Waals surface area contributed by atoms with Crippen LogP contribution in [-0.4, -0.2) is 88.3 Å². The maximum Gasteiger partial charge on any atom is 0.328 e. The van der Waals surface area contributed by atoms with Crippen LogP contribution >= 0.6 is 11.8 Å². The first kappa shape index (κ1) is 53.9. The second kappa shape index (κ2) is 24.0. The molecule has 0 aliphatic rings. The molecule has 0 saturated carbocycles. The fourth-order valence-corrected chi connectivity index (χ4v) is 8.84. The number of nitrogens with two attached hydrogens (primary N) is 4. The van der Waals surface area contributed by atoms with Crippen molar-refractivity contribution < 1.29 is 38.1 Å². The van der Waals surface area contributed by atoms with Gasteiger partial charge >= 0.3 is 11.9 Å². The molecule has 0 saturated heterocycles. The van der Waals surface area contributed by atoms with Crippen LogP contribution in [0.3, 0.4) is 0 Å². The lowest BCUT2D eigenvalue weighted by Gasteiger charge is -2.34. The number of carbonyl (C=O) groups is 4. The molecule has 352 valence electrons. The highest BCUT2D eigenvalue weighted by molar-refractivity contribution is 7.99. The van der Waals surface area contributed by atoms with Crippen molar-refractivity contribution in [2.24, 2.45) is 43.7 Å². The number of amides is 2. The minimum Gasteiger partial charge on any atom is -0.483 e. The molecule has 2 aromatic rings. The van der Waals surface area contributed by atoms with E-state index in [1.165, 1.54) is 26.0 Å². The van der Waals surface area contributed by atoms with Crippen LogP contribution in [0.2, 0.25) is 0 Å². The van der Waals surface area contributed by atoms with E-state index in [0.717, 1.165) is 24.0 Å². The van der Waals surface area contributed by atoms with Gasteiger partial charge in [-0.3, -0.25) is 19.6 Å². The summed E-state index contributed by atoms with van der Waals surface area (Å²) < 4.78 is 22.3. The van der Waals surface area contributed by atoms with Gasteiger partial charge in [0.15, 0.2) is 25.1 Å². The number of ether oxygens (including phenoxy) is 4. The topological polar surface area (TPSA) is 258 Å². The normalized spacial score (nSPS) is 12.9. The summed E-state index contributed by atoms with van der Waals surface area (Å²) in [7, 11) is 2.50. The molecule has 0 aliphatic carbocycles. The van der Waals surface area contributed by atoms with Gasteiger partial charge in [-0.1, -0.05) is 93.1 Å². The van der Waals surface area contributed by atoms with Crippen LogP contribution in [-0.2, 0) is 39.5 Å². The van der Waals surface area contributed by atoms with Gasteiger partial charge in [0.25, 0.3) is 11.8 Å². The first-order valence-electron chi connectivity index (χ1n) is 21.2. The Kier molecular flexibility index (Phi) is 20.6. The van der Waals surface area contributed by atoms with Gasteiger partial charge in [0.05, 0.1) is 24.0 Å². The first-order valence-corrected chi connectivity index (χ1v) is 22.1. The van der Waals surface area contributed by atoms with Crippen LogP contribution in [0.5, 0.6) is 11.5 Å². The number of methoxy groups -OCH3 is 2. The van der Waals surface area contributed by atoms with E-state index in [9.17, 15) is 19.2 Å². The third-order valence-corrected chi connectivity index (χ3v) is 10.9. The number of benzene rings is 2. The zero-order valence-corrected chi connectivity index (χ0v) is 40.4. The van der Waals surface area contributed by atoms with E-state index in [4.69, 9.17) is 41.9 Å². The van der Waals surface area contributed by atoms with E-state index in [1.54, 1.807) is 0 Å². The SMILES string of the molecule is COC(=O)[C@H](CCCN=C(N)N)NC(=O)COc1ccc(C(C)(C)CC(C)(C)C)cc1Sc1cc(C(C)(C)CC(C)(C)C)ccc1OCC(=O)N[C@@H](CCCN=C(N)N)C(=O)OC. The van der Waals surface area contributed by atoms with Gasteiger partial charge in [-0.2, -0.15) is 0 Å². The molecule has 2 atom stereocenters. The summed E-state index contributed by atoms with van der Waals surface area (Å²) in [6, 6.07) is 9.98. The number of nitrogens with one attached hydrogen (secondary N) is 2. The quantitative estimate of drug-likeness (QED) is 0.0332. The Morgan fingerprint density at radius 2 is 0.952 bits per heavy atom. The Labute approximate surface area is 378 Å². The summed E-state index contributed by atoms with van der Waals surface area (Å²) in [6.45, 7) is 21.8. The molecule has 0 radical (unpaired) electrons. The molecule has 2 aromatic carbocycles. The predicted molar refractivity (Wildman–Crippen MR) is 250 cm³/mol. The molecule has 0 heterocycles. The smallest absolute Gasteiger partial charge is 0.328 e. The number of esters is 2. The van der Waals surface area contributed by atoms with Crippen LogP contribution in [0.1, 0.15) is 119 Å². The van der Waals surface area contributed by atoms with E-state index in [1.807, 2.05) is 24.3 Å². The van der Waals surface area contributed by atoms with Crippen molar-refractivity contribution in [3.05, 3.63) is 47.5 Å². The van der Waals surface area contributed by atoms with E-state index in [-0.39, 0.29) is 59.5 Å². The molecule has 16 nitrogen and oxygen atoms in total. The Morgan fingerprint density at radius 3 is 1.25 bits per heavy atom. The monoisotopic (exact) mass is 899 g/mol. The molecule has 0 aliphatic heterocycles. The van der Waals surface area contributed by atoms with Crippen molar-refractivity contribution in [1.29, 1.82) is 0 Å². The third-order valence-electron chi connectivity index (χ3n) is 9.86. The van der Waals surface area contributed by atoms with Crippen molar-refractivity contribution in [3.8, 4) is 11.5 Å². The molecule has 0 unspecified atom stereocenters. The lowest BCUT2D eigenvalue weighted by molar-refractivity contribution is -0.145. The van der Waals surface area contributed by atoms with E-state index < -0.39 is 49.1 Å². The Morgan fingerprint density at radius 1 is 0.603 bits per heavy atom. The second-order valence-electron chi connectivity index (χ2n) is 19.4. The summed E-state index contributed by atoms with van der Waals surface area (Å²) >= 11 is 1.39. The summed E-state index contributed by atoms with van der Waals surface area (Å²) in [5, 5.41) is 5.44. The van der Waals surface area contributed by atoms with Crippen LogP contribution in [0, 0.1) is 10.8 Å². The Hall–Kier alpha value is -5.19. The molecule has 2 rings (SSSR count). The van der Waals surface area contributed by atoms with Crippen LogP contribution < -0.4 is 43.0 Å². The van der Waals surface area contributed by atoms with Crippen LogP contribution in [0.25, 0.3) is 0 Å². The van der Waals surface area contributed by atoms with Gasteiger partial charge in [-0.05, 0) is 95.6 Å². The Balaban J connectivity index is 2.60. The molecule has 17 heteroatoms. The highest BCUT2D eigenvalue weighted by Gasteiger charge is 2.31. The molecular weight excluding hydrogens is 825 g/mol. The zero-order valence-electron chi connectivity index (χ0n) is 39.6. The van der Waals surface area contributed by atoms with Crippen molar-refractivity contribution >= 4 is 47.4 Å². The minimum atomic E-state index is -0.932. The average Bonchev–Trinajstić information content (AvgIpc) is 3.16. The standard InChI is InChI=1S/C46H74N8O8S/c1-43(2,3)27-45(7,8)29-17-19-33(61-25-37(55)53-31(39(57)59-11)15-13-21-51-41(47)48)35(23-29)63-36-24-30(46(9,10)28-44(4,5)6)18-20-34(36)62-26-38(56)54-32(40(58)60-12)16-14-22-52-42(49)50/h17-20,23-24,31-32H,13-16,21-22,25-28H2,1-12H3,(H,53,55)(H,54,56)(H4,47,48,51)(H4,49,50,52)/t31-,32-/m0/s1. The molecule has 0 aromatic heterocycles. The largest absolute Gasteiger partial charge is 0.483 e. The maximum absolute atomic E-state index is 13.3. The van der Waals surface area contributed by atoms with E-state index in [0.29, 0.717) is 34.1 Å². The highest BCUT2D eigenvalue weighted by atomic mass is 32.2. The summed E-state index contributed by atoms with van der Waals surface area (Å²) in [6.07, 6.45) is 3.11. The lowest BCUT2D eigenvalue weighted by Crippen LogP contribution is -2.43. The minimum absolute atomic E-state index is 0.0251. The van der Waals surface area contributed by atoms with Gasteiger partial charge in [-0.15, -0.1) is 0 Å². The van der Waals surface area contributed by atoms with Crippen molar-refractivity contribution in [2.75, 3.05) is 40.5 Å². The molecule has 2 amide bonds. The number of rotatable bonds is 24. The lowest BCUT2D eigenvalue weighted by atomic mass is 9.72. The first-order chi connectivity index (χ1) is 29.2. The molecule has 0 spiro atoms. The second-order valence-corrected chi connectivity index (χ2v) is 20.5. The van der Waals surface area contributed by atoms with Gasteiger partial charge in [0.2, 0.25) is 0 Å². The van der Waals surface area contributed by atoms with Crippen molar-refractivity contribution in [2.45, 2.75) is 140 Å². The van der Waals surface area contributed by atoms with Crippen LogP contribution in [0.15, 0.2) is 56.2 Å². The average molecular weight is 899 g/mol. The van der Waals surface area contributed by atoms with Gasteiger partial charge in [0.1, 0.15) is 23.6 Å². The number of hydrogen-bond donors (Lipinski definition) is 6. The fraction of sp³-hybridized carbons (Fsp3) is 0.609. The predicted octanol–water partition coefficient (Wildman–Crippen LogP) is 5.45. The van der Waals surface area contributed by atoms with Crippen molar-refractivity contribution in [1.82, 2.24) is 10.6 Å². The number of guanidine groups is 2. The zero-order chi connectivity index (χ0) is 47.8. The van der Waals surface area contributed by atoms with Crippen molar-refractivity contribution in [3.63, 3.8) is 0 Å². The van der Waals surface area contributed by atoms with Gasteiger partial charge in [0, 0.05) is 13.1 Å². The number of nitrogens with zero attached hydrogens (tertiary/aromatic N) is 2. The highest BCUT2D eigenvalue weighted by Crippen LogP contribution is 2.46. The molecule has 10 N–H and O–H groups in total. The van der Waals surface area contributed by atoms with Gasteiger partial charge in [-0.25, -0.2) is 9.59 Å². The summed E-state index contributed by atoms with van der Waals surface area (Å²) in [5.41, 5.74) is 23.4. The van der Waals surface area contributed by atoms with E-state index in [2.05, 4.69) is 102 Å². The van der Waals surface area contributed by atoms with Gasteiger partial charge < -0.3 is 52.5 Å². The number of aliphatic imine (C=N–C) groups is 2. The van der Waals surface area contributed by atoms with Crippen LogP contribution in [0.4, 0.5) is 0 Å². The molecule has 0 fully saturated rings. The molecule has 63 heavy (non-hydrogen) atoms. The van der Waals surface area contributed by atoms with E-state index >= 15 is 0 Å². The summed E-state index contributed by atoms with van der Waals surface area (Å²) in [4.78, 5) is 61.1. The third kappa shape index (κ3) is 19.8. The molecular formula is C46H74N8O8S.